The topological polar surface area (TPSA) is 33.1 Å². The van der Waals surface area contributed by atoms with Gasteiger partial charge in [-0.3, -0.25) is 0 Å². The minimum atomic E-state index is -1.71. The zero-order chi connectivity index (χ0) is 18.2. The van der Waals surface area contributed by atoms with Crippen molar-refractivity contribution in [3.05, 3.63) is 102 Å². The van der Waals surface area contributed by atoms with E-state index in [4.69, 9.17) is 0 Å². The molecule has 3 rings (SSSR count). The van der Waals surface area contributed by atoms with Gasteiger partial charge in [-0.15, -0.1) is 0 Å². The van der Waals surface area contributed by atoms with Gasteiger partial charge in [-0.05, 0) is 0 Å². The molecule has 134 valence electrons. The second-order valence-electron chi connectivity index (χ2n) is 6.52. The molecule has 1 aromatic heterocycles. The van der Waals surface area contributed by atoms with Crippen LogP contribution < -0.4 is 0 Å². The van der Waals surface area contributed by atoms with Crippen LogP contribution >= 0.6 is 5.51 Å². The summed E-state index contributed by atoms with van der Waals surface area (Å²) >= 11 is 3.47. The van der Waals surface area contributed by atoms with Crippen LogP contribution in [0.25, 0.3) is 0 Å². The summed E-state index contributed by atoms with van der Waals surface area (Å²) in [5, 5.41) is 11.2. The normalized spacial score (nSPS) is 12.7. The van der Waals surface area contributed by atoms with Crippen LogP contribution in [-0.4, -0.2) is 37.5 Å². The third-order valence-electron chi connectivity index (χ3n) is 4.69. The van der Waals surface area contributed by atoms with E-state index in [2.05, 4.69) is 68.6 Å². The molecule has 1 heterocycles. The van der Waals surface area contributed by atoms with Crippen molar-refractivity contribution in [3.8, 4) is 0 Å². The van der Waals surface area contributed by atoms with Crippen molar-refractivity contribution in [2.24, 2.45) is 0 Å². The SMILES string of the molecule is OC(c1ccncc1)P(=[Se])(CCc1ccccc1)CCc1ccccc1. The molecule has 1 unspecified atom stereocenters. The van der Waals surface area contributed by atoms with Gasteiger partial charge in [0.15, 0.2) is 0 Å². The molecule has 0 spiro atoms. The maximum atomic E-state index is 11.2. The van der Waals surface area contributed by atoms with Gasteiger partial charge in [-0.1, -0.05) is 0 Å². The Kier molecular flexibility index (Phi) is 6.99. The number of rotatable bonds is 8. The van der Waals surface area contributed by atoms with Gasteiger partial charge in [0.2, 0.25) is 0 Å². The second kappa shape index (κ2) is 9.44. The summed E-state index contributed by atoms with van der Waals surface area (Å²) in [5.41, 5.74) is 1.91. The fourth-order valence-corrected chi connectivity index (χ4v) is 7.71. The average Bonchev–Trinajstić information content (AvgIpc) is 2.72. The van der Waals surface area contributed by atoms with Crippen LogP contribution in [0.15, 0.2) is 85.2 Å². The Morgan fingerprint density at radius 1 is 0.769 bits per heavy atom. The van der Waals surface area contributed by atoms with E-state index in [1.54, 1.807) is 12.4 Å². The molecule has 0 amide bonds. The van der Waals surface area contributed by atoms with Crippen LogP contribution in [0.5, 0.6) is 0 Å². The molecule has 3 aromatic rings. The molecule has 0 saturated heterocycles. The minimum absolute atomic E-state index is 0.446. The number of aromatic nitrogens is 1. The molecule has 0 aliphatic carbocycles. The molecule has 2 nitrogen and oxygen atoms in total. The number of benzene rings is 2. The molecule has 0 saturated carbocycles. The molecule has 0 aliphatic heterocycles. The van der Waals surface area contributed by atoms with Gasteiger partial charge in [-0.25, -0.2) is 0 Å². The second-order valence-corrected chi connectivity index (χ2v) is 14.4. The van der Waals surface area contributed by atoms with Crippen LogP contribution in [0.1, 0.15) is 22.5 Å². The van der Waals surface area contributed by atoms with E-state index >= 15 is 0 Å². The molecule has 0 bridgehead atoms. The van der Waals surface area contributed by atoms with Crippen molar-refractivity contribution < 1.29 is 5.11 Å². The predicted octanol–water partition coefficient (Wildman–Crippen LogP) is 4.66. The number of aliphatic hydroxyl groups excluding tert-OH is 1. The molecule has 26 heavy (non-hydrogen) atoms. The van der Waals surface area contributed by atoms with Crippen LogP contribution in [0.2, 0.25) is 0 Å². The standard InChI is InChI=1S/C22H24NOPSe/c24-22(21-11-15-23-16-12-21)25(26,17-13-19-7-3-1-4-8-19)18-14-20-9-5-2-6-10-20/h1-12,15-16,22,24H,13-14,17-18H2. The molecular weight excluding hydrogens is 404 g/mol. The van der Waals surface area contributed by atoms with E-state index < -0.39 is 11.4 Å². The number of aliphatic hydroxyl groups is 1. The molecule has 2 aromatic carbocycles. The van der Waals surface area contributed by atoms with Crippen LogP contribution in [-0.2, 0) is 12.8 Å². The fraction of sp³-hybridized carbons (Fsp3) is 0.227. The van der Waals surface area contributed by atoms with Crippen molar-refractivity contribution in [3.63, 3.8) is 0 Å². The van der Waals surface area contributed by atoms with Crippen LogP contribution in [0, 0.1) is 0 Å². The summed E-state index contributed by atoms with van der Waals surface area (Å²) in [6.07, 6.45) is 7.48. The number of pyridine rings is 1. The summed E-state index contributed by atoms with van der Waals surface area (Å²) in [6, 6.07) is 25.0. The molecule has 0 aliphatic rings. The first-order valence-electron chi connectivity index (χ1n) is 8.91. The number of aryl methyl sites for hydroxylation is 2. The molecule has 4 heteroatoms. The van der Waals surface area contributed by atoms with Crippen molar-refractivity contribution in [2.45, 2.75) is 18.7 Å². The Balaban J connectivity index is 1.78. The molecule has 0 fully saturated rings. The van der Waals surface area contributed by atoms with Crippen molar-refractivity contribution >= 4 is 20.6 Å². The van der Waals surface area contributed by atoms with Crippen molar-refractivity contribution in [1.29, 1.82) is 0 Å². The monoisotopic (exact) mass is 429 g/mol. The van der Waals surface area contributed by atoms with Crippen LogP contribution in [0.3, 0.4) is 0 Å². The molecule has 0 radical (unpaired) electrons. The van der Waals surface area contributed by atoms with Crippen LogP contribution in [0.4, 0.5) is 0 Å². The third kappa shape index (κ3) is 5.25. The summed E-state index contributed by atoms with van der Waals surface area (Å²) < 4.78 is 0. The number of nitrogens with zero attached hydrogens (tertiary/aromatic N) is 1. The summed E-state index contributed by atoms with van der Waals surface area (Å²) in [7, 11) is 0. The first-order chi connectivity index (χ1) is 12.7. The number of hydrogen-bond acceptors (Lipinski definition) is 2. The van der Waals surface area contributed by atoms with Gasteiger partial charge in [0, 0.05) is 0 Å². The van der Waals surface area contributed by atoms with Crippen molar-refractivity contribution in [1.82, 2.24) is 4.98 Å². The molecular formula is C22H24NOPSe. The van der Waals surface area contributed by atoms with Crippen molar-refractivity contribution in [2.75, 3.05) is 12.3 Å². The van der Waals surface area contributed by atoms with Gasteiger partial charge >= 0.3 is 164 Å². The maximum absolute atomic E-state index is 11.2. The molecule has 1 N–H and O–H groups in total. The Bertz CT molecular complexity index is 792. The van der Waals surface area contributed by atoms with E-state index in [9.17, 15) is 5.11 Å². The summed E-state index contributed by atoms with van der Waals surface area (Å²) in [6.45, 7) is 0. The first-order valence-corrected chi connectivity index (χ1v) is 13.4. The third-order valence-corrected chi connectivity index (χ3v) is 11.4. The summed E-state index contributed by atoms with van der Waals surface area (Å²) in [4.78, 5) is 4.09. The predicted molar refractivity (Wildman–Crippen MR) is 112 cm³/mol. The quantitative estimate of drug-likeness (QED) is 0.418. The van der Waals surface area contributed by atoms with Gasteiger partial charge in [0.25, 0.3) is 0 Å². The Morgan fingerprint density at radius 3 is 1.69 bits per heavy atom. The first kappa shape index (κ1) is 19.3. The Morgan fingerprint density at radius 2 is 1.23 bits per heavy atom. The Labute approximate surface area is 163 Å². The van der Waals surface area contributed by atoms with Gasteiger partial charge < -0.3 is 0 Å². The zero-order valence-electron chi connectivity index (χ0n) is 14.7. The van der Waals surface area contributed by atoms with Gasteiger partial charge in [-0.2, -0.15) is 0 Å². The zero-order valence-corrected chi connectivity index (χ0v) is 17.3. The van der Waals surface area contributed by atoms with E-state index in [1.165, 1.54) is 11.1 Å². The van der Waals surface area contributed by atoms with E-state index in [0.717, 1.165) is 30.7 Å². The van der Waals surface area contributed by atoms with E-state index in [1.807, 2.05) is 24.3 Å². The molecule has 1 atom stereocenters. The average molecular weight is 428 g/mol. The van der Waals surface area contributed by atoms with E-state index in [0.29, 0.717) is 0 Å². The summed E-state index contributed by atoms with van der Waals surface area (Å²) in [5.74, 6) is -0.446. The van der Waals surface area contributed by atoms with E-state index in [-0.39, 0.29) is 0 Å². The van der Waals surface area contributed by atoms with Gasteiger partial charge in [0.1, 0.15) is 0 Å². The van der Waals surface area contributed by atoms with Gasteiger partial charge in [0.05, 0.1) is 0 Å². The number of hydrogen-bond donors (Lipinski definition) is 1. The Hall–Kier alpha value is -1.50. The fourth-order valence-electron chi connectivity index (χ4n) is 3.09.